The zero-order valence-corrected chi connectivity index (χ0v) is 22.9. The van der Waals surface area contributed by atoms with Gasteiger partial charge in [0.1, 0.15) is 11.5 Å². The Kier molecular flexibility index (Phi) is 7.97. The van der Waals surface area contributed by atoms with E-state index in [9.17, 15) is 9.59 Å². The summed E-state index contributed by atoms with van der Waals surface area (Å²) in [5.74, 6) is 1.32. The van der Waals surface area contributed by atoms with Gasteiger partial charge in [0.2, 0.25) is 0 Å². The lowest BCUT2D eigenvalue weighted by atomic mass is 9.97. The van der Waals surface area contributed by atoms with Crippen molar-refractivity contribution in [1.29, 1.82) is 0 Å². The normalized spacial score (nSPS) is 14.9. The topological polar surface area (TPSA) is 94.2 Å². The van der Waals surface area contributed by atoms with Gasteiger partial charge in [-0.15, -0.1) is 11.8 Å². The lowest BCUT2D eigenvalue weighted by Crippen LogP contribution is -2.31. The third-order valence-electron chi connectivity index (χ3n) is 6.75. The Labute approximate surface area is 230 Å². The number of hydrogen-bond acceptors (Lipinski definition) is 8. The summed E-state index contributed by atoms with van der Waals surface area (Å²) >= 11 is 1.39. The molecule has 4 aromatic rings. The molecule has 0 saturated carbocycles. The Balaban J connectivity index is 1.28. The van der Waals surface area contributed by atoms with Crippen LogP contribution >= 0.6 is 11.8 Å². The van der Waals surface area contributed by atoms with Gasteiger partial charge in [-0.25, -0.2) is 5.01 Å². The highest BCUT2D eigenvalue weighted by molar-refractivity contribution is 7.99. The van der Waals surface area contributed by atoms with Gasteiger partial charge in [0.25, 0.3) is 5.91 Å². The first-order valence-electron chi connectivity index (χ1n) is 12.6. The van der Waals surface area contributed by atoms with Crippen LogP contribution < -0.4 is 4.74 Å². The molecule has 1 atom stereocenters. The molecule has 0 unspecified atom stereocenters. The van der Waals surface area contributed by atoms with Crippen LogP contribution in [-0.4, -0.2) is 47.2 Å². The van der Waals surface area contributed by atoms with Crippen LogP contribution in [0.1, 0.15) is 40.6 Å². The number of ether oxygens (including phenoxy) is 2. The fraction of sp³-hybridized carbons (Fsp3) is 0.267. The Hall–Kier alpha value is -4.11. The molecule has 0 fully saturated rings. The van der Waals surface area contributed by atoms with E-state index in [4.69, 9.17) is 19.1 Å². The molecule has 39 heavy (non-hydrogen) atoms. The molecule has 0 bridgehead atoms. The van der Waals surface area contributed by atoms with Gasteiger partial charge in [-0.2, -0.15) is 5.10 Å². The molecule has 8 nitrogen and oxygen atoms in total. The molecule has 1 aromatic heterocycles. The van der Waals surface area contributed by atoms with Crippen LogP contribution in [-0.2, 0) is 20.1 Å². The van der Waals surface area contributed by atoms with Crippen LogP contribution in [0.15, 0.2) is 76.4 Å². The largest absolute Gasteiger partial charge is 0.497 e. The van der Waals surface area contributed by atoms with E-state index in [0.29, 0.717) is 12.2 Å². The minimum absolute atomic E-state index is 0.116. The Bertz CT molecular complexity index is 1510. The molecule has 3 aromatic carbocycles. The number of aryl methyl sites for hydroxylation is 2. The predicted molar refractivity (Wildman–Crippen MR) is 151 cm³/mol. The van der Waals surface area contributed by atoms with Gasteiger partial charge in [0.05, 0.1) is 30.3 Å². The predicted octanol–water partition coefficient (Wildman–Crippen LogP) is 5.61. The zero-order valence-electron chi connectivity index (χ0n) is 22.0. The van der Waals surface area contributed by atoms with Crippen molar-refractivity contribution >= 4 is 40.1 Å². The smallest absolute Gasteiger partial charge is 0.316 e. The van der Waals surface area contributed by atoms with Crippen molar-refractivity contribution in [1.82, 2.24) is 10.2 Å². The van der Waals surface area contributed by atoms with Crippen LogP contribution in [0.3, 0.4) is 0 Å². The summed E-state index contributed by atoms with van der Waals surface area (Å²) in [4.78, 5) is 25.7. The number of fused-ring (bicyclic) bond motifs is 1. The molecule has 5 rings (SSSR count). The zero-order chi connectivity index (χ0) is 27.4. The van der Waals surface area contributed by atoms with Gasteiger partial charge in [-0.3, -0.25) is 9.59 Å². The highest BCUT2D eigenvalue weighted by Gasteiger charge is 2.33. The minimum Gasteiger partial charge on any atom is -0.497 e. The lowest BCUT2D eigenvalue weighted by molar-refractivity contribution is -0.150. The summed E-state index contributed by atoms with van der Waals surface area (Å²) in [6, 6.07) is 21.6. The average molecular weight is 544 g/mol. The summed E-state index contributed by atoms with van der Waals surface area (Å²) in [6.45, 7) is 3.33. The van der Waals surface area contributed by atoms with E-state index in [1.807, 2.05) is 56.3 Å². The van der Waals surface area contributed by atoms with Gasteiger partial charge >= 0.3 is 5.97 Å². The minimum atomic E-state index is -0.459. The van der Waals surface area contributed by atoms with Crippen molar-refractivity contribution in [3.63, 3.8) is 0 Å². The van der Waals surface area contributed by atoms with E-state index >= 15 is 0 Å². The number of hydrazone groups is 1. The lowest BCUT2D eigenvalue weighted by Gasteiger charge is -2.22. The van der Waals surface area contributed by atoms with Crippen molar-refractivity contribution < 1.29 is 23.6 Å². The third kappa shape index (κ3) is 5.98. The van der Waals surface area contributed by atoms with Gasteiger partial charge in [0.15, 0.2) is 6.61 Å². The van der Waals surface area contributed by atoms with Crippen LogP contribution in [0.2, 0.25) is 0 Å². The molecular weight excluding hydrogens is 514 g/mol. The summed E-state index contributed by atoms with van der Waals surface area (Å²) < 4.78 is 15.8. The molecule has 1 aliphatic heterocycles. The number of esters is 1. The van der Waals surface area contributed by atoms with Gasteiger partial charge in [-0.05, 0) is 53.9 Å². The van der Waals surface area contributed by atoms with Crippen LogP contribution in [0, 0.1) is 13.8 Å². The average Bonchev–Trinajstić information content (AvgIpc) is 3.55. The van der Waals surface area contributed by atoms with E-state index < -0.39 is 5.97 Å². The molecule has 0 radical (unpaired) electrons. The van der Waals surface area contributed by atoms with Gasteiger partial charge in [-0.1, -0.05) is 53.7 Å². The number of amides is 1. The first-order chi connectivity index (χ1) is 18.9. The number of carbonyl (C=O) groups is 2. The highest BCUT2D eigenvalue weighted by Crippen LogP contribution is 2.34. The first kappa shape index (κ1) is 26.5. The molecule has 200 valence electrons. The van der Waals surface area contributed by atoms with Crippen molar-refractivity contribution in [2.75, 3.05) is 19.5 Å². The second kappa shape index (κ2) is 11.7. The summed E-state index contributed by atoms with van der Waals surface area (Å²) in [7, 11) is 1.61. The SMILES string of the molecule is COc1ccc([C@H]2CC(c3ccc4ccccc4c3)=NN2C(=O)COC(=O)CSCc2c(C)noc2C)cc1. The van der Waals surface area contributed by atoms with Crippen molar-refractivity contribution in [2.45, 2.75) is 32.1 Å². The molecular formula is C30H29N3O5S. The van der Waals surface area contributed by atoms with Crippen LogP contribution in [0.4, 0.5) is 0 Å². The van der Waals surface area contributed by atoms with Crippen molar-refractivity contribution in [2.24, 2.45) is 5.10 Å². The number of hydrogen-bond donors (Lipinski definition) is 0. The maximum absolute atomic E-state index is 13.3. The summed E-state index contributed by atoms with van der Waals surface area (Å²) in [5.41, 5.74) is 4.46. The fourth-order valence-corrected chi connectivity index (χ4v) is 5.53. The molecule has 0 aliphatic carbocycles. The van der Waals surface area contributed by atoms with E-state index in [2.05, 4.69) is 29.4 Å². The Morgan fingerprint density at radius 3 is 2.54 bits per heavy atom. The van der Waals surface area contributed by atoms with E-state index in [0.717, 1.165) is 50.4 Å². The molecule has 9 heteroatoms. The second-order valence-electron chi connectivity index (χ2n) is 9.30. The number of carbonyl (C=O) groups excluding carboxylic acids is 2. The van der Waals surface area contributed by atoms with Gasteiger partial charge in [0, 0.05) is 17.7 Å². The maximum Gasteiger partial charge on any atom is 0.316 e. The van der Waals surface area contributed by atoms with Crippen LogP contribution in [0.25, 0.3) is 10.8 Å². The monoisotopic (exact) mass is 543 g/mol. The second-order valence-corrected chi connectivity index (χ2v) is 10.3. The van der Waals surface area contributed by atoms with Crippen molar-refractivity contribution in [3.05, 3.63) is 94.9 Å². The standard InChI is InChI=1S/C30H29N3O5S/c1-19-26(20(2)38-32-19)17-39-18-30(35)37-16-29(34)33-28(22-10-12-25(36-3)13-11-22)15-27(31-33)24-9-8-21-6-4-5-7-23(21)14-24/h4-14,28H,15-18H2,1-3H3/t28-/m1/s1. The summed E-state index contributed by atoms with van der Waals surface area (Å²) in [6.07, 6.45) is 0.539. The molecule has 1 amide bonds. The van der Waals surface area contributed by atoms with E-state index in [-0.39, 0.29) is 24.3 Å². The molecule has 0 spiro atoms. The number of nitrogens with zero attached hydrogens (tertiary/aromatic N) is 3. The number of methoxy groups -OCH3 is 1. The van der Waals surface area contributed by atoms with Gasteiger partial charge < -0.3 is 14.0 Å². The summed E-state index contributed by atoms with van der Waals surface area (Å²) in [5, 5.41) is 12.3. The number of aromatic nitrogens is 1. The van der Waals surface area contributed by atoms with Crippen molar-refractivity contribution in [3.8, 4) is 5.75 Å². The molecule has 2 heterocycles. The Morgan fingerprint density at radius 1 is 1.05 bits per heavy atom. The maximum atomic E-state index is 13.3. The Morgan fingerprint density at radius 2 is 1.82 bits per heavy atom. The molecule has 0 saturated heterocycles. The molecule has 0 N–H and O–H groups in total. The fourth-order valence-electron chi connectivity index (χ4n) is 4.56. The number of rotatable bonds is 9. The number of thioether (sulfide) groups is 1. The number of benzene rings is 3. The first-order valence-corrected chi connectivity index (χ1v) is 13.8. The third-order valence-corrected chi connectivity index (χ3v) is 7.69. The molecule has 1 aliphatic rings. The van der Waals surface area contributed by atoms with E-state index in [1.54, 1.807) is 7.11 Å². The highest BCUT2D eigenvalue weighted by atomic mass is 32.2. The van der Waals surface area contributed by atoms with E-state index in [1.165, 1.54) is 16.8 Å². The van der Waals surface area contributed by atoms with Crippen LogP contribution in [0.5, 0.6) is 5.75 Å². The quantitative estimate of drug-likeness (QED) is 0.253.